The third-order valence-corrected chi connectivity index (χ3v) is 5.34. The molecule has 4 aromatic carbocycles. The fraction of sp³-hybridized carbons (Fsp3) is 0. The number of nitrogens with two attached hydrogens (primary N) is 2. The lowest BCUT2D eigenvalue weighted by molar-refractivity contribution is 0.395. The number of fused-ring (bicyclic) bond motifs is 2. The van der Waals surface area contributed by atoms with E-state index in [4.69, 9.17) is 19.8 Å². The summed E-state index contributed by atoms with van der Waals surface area (Å²) in [5.74, 6) is -0.383. The van der Waals surface area contributed by atoms with Crippen LogP contribution in [0.15, 0.2) is 60.7 Å². The van der Waals surface area contributed by atoms with Gasteiger partial charge in [-0.2, -0.15) is 10.5 Å². The molecule has 0 amide bonds. The molecule has 0 bridgehead atoms. The van der Waals surface area contributed by atoms with E-state index < -0.39 is 10.4 Å². The first kappa shape index (κ1) is 19.8. The fourth-order valence-electron chi connectivity index (χ4n) is 3.22. The Morgan fingerprint density at radius 2 is 1.10 bits per heavy atom. The molecule has 8 nitrogen and oxygen atoms in total. The third-order valence-electron chi connectivity index (χ3n) is 4.60. The zero-order valence-electron chi connectivity index (χ0n) is 15.9. The van der Waals surface area contributed by atoms with Gasteiger partial charge in [-0.05, 0) is 59.3 Å². The molecular formula is C22H14N4O4S. The molecule has 9 heteroatoms. The molecule has 4 aromatic rings. The van der Waals surface area contributed by atoms with Crippen molar-refractivity contribution in [3.63, 3.8) is 0 Å². The highest BCUT2D eigenvalue weighted by molar-refractivity contribution is 7.82. The summed E-state index contributed by atoms with van der Waals surface area (Å²) in [4.78, 5) is 0. The van der Waals surface area contributed by atoms with E-state index in [-0.39, 0.29) is 22.6 Å². The molecule has 4 N–H and O–H groups in total. The molecule has 0 atom stereocenters. The van der Waals surface area contributed by atoms with Crippen molar-refractivity contribution in [1.82, 2.24) is 0 Å². The van der Waals surface area contributed by atoms with E-state index in [0.29, 0.717) is 32.9 Å². The van der Waals surface area contributed by atoms with Gasteiger partial charge in [0.05, 0.1) is 11.1 Å². The number of nitriles is 2. The molecule has 4 rings (SSSR count). The monoisotopic (exact) mass is 430 g/mol. The van der Waals surface area contributed by atoms with E-state index >= 15 is 0 Å². The van der Waals surface area contributed by atoms with Gasteiger partial charge in [-0.1, -0.05) is 12.1 Å². The molecule has 31 heavy (non-hydrogen) atoms. The van der Waals surface area contributed by atoms with E-state index in [0.717, 1.165) is 0 Å². The second-order valence-electron chi connectivity index (χ2n) is 6.64. The van der Waals surface area contributed by atoms with Crippen LogP contribution in [0.5, 0.6) is 11.5 Å². The van der Waals surface area contributed by atoms with Crippen LogP contribution in [0.1, 0.15) is 11.1 Å². The standard InChI is InChI=1S/C22H14N4O4S/c23-11-15-3-1-13-9-17(25)5-7-19(13)21(15)29-31(27,28)30-22-16(12-24)4-2-14-10-18(26)6-8-20(14)22/h1-10H,25-26H2. The smallest absolute Gasteiger partial charge is 0.399 e. The SMILES string of the molecule is N#Cc1ccc2cc(N)ccc2c1OS(=O)(=O)Oc1c(C#N)ccc2cc(N)ccc12. The van der Waals surface area contributed by atoms with Crippen molar-refractivity contribution >= 4 is 43.3 Å². The molecule has 152 valence electrons. The third kappa shape index (κ3) is 3.73. The van der Waals surface area contributed by atoms with Crippen molar-refractivity contribution in [2.24, 2.45) is 0 Å². The highest BCUT2D eigenvalue weighted by Gasteiger charge is 2.23. The van der Waals surface area contributed by atoms with Gasteiger partial charge >= 0.3 is 10.4 Å². The summed E-state index contributed by atoms with van der Waals surface area (Å²) in [7, 11) is -4.72. The van der Waals surface area contributed by atoms with Gasteiger partial charge in [0.25, 0.3) is 0 Å². The van der Waals surface area contributed by atoms with Gasteiger partial charge in [0, 0.05) is 22.1 Å². The van der Waals surface area contributed by atoms with Crippen molar-refractivity contribution in [1.29, 1.82) is 10.5 Å². The Balaban J connectivity index is 1.82. The summed E-state index contributed by atoms with van der Waals surface area (Å²) in [6, 6.07) is 19.4. The van der Waals surface area contributed by atoms with Crippen LogP contribution in [0.2, 0.25) is 0 Å². The molecule has 0 saturated heterocycles. The number of nitrogen functional groups attached to an aromatic ring is 2. The van der Waals surface area contributed by atoms with E-state index in [1.807, 2.05) is 12.1 Å². The van der Waals surface area contributed by atoms with Crippen LogP contribution in [-0.2, 0) is 10.4 Å². The minimum Gasteiger partial charge on any atom is -0.399 e. The van der Waals surface area contributed by atoms with Crippen LogP contribution in [0.25, 0.3) is 21.5 Å². The quantitative estimate of drug-likeness (QED) is 0.466. The molecule has 0 aliphatic heterocycles. The molecule has 0 spiro atoms. The van der Waals surface area contributed by atoms with Crippen molar-refractivity contribution in [2.75, 3.05) is 11.5 Å². The molecular weight excluding hydrogens is 416 g/mol. The Bertz CT molecular complexity index is 1440. The Morgan fingerprint density at radius 1 is 0.677 bits per heavy atom. The fourth-order valence-corrected chi connectivity index (χ4v) is 4.02. The molecule has 0 saturated carbocycles. The number of nitrogens with zero attached hydrogens (tertiary/aromatic N) is 2. The number of benzene rings is 4. The summed E-state index contributed by atoms with van der Waals surface area (Å²) in [6.45, 7) is 0. The maximum Gasteiger partial charge on any atom is 0.501 e. The van der Waals surface area contributed by atoms with E-state index in [1.165, 1.54) is 12.1 Å². The number of hydrogen-bond acceptors (Lipinski definition) is 8. The molecule has 0 aliphatic rings. The lowest BCUT2D eigenvalue weighted by atomic mass is 10.1. The number of hydrogen-bond donors (Lipinski definition) is 2. The van der Waals surface area contributed by atoms with Crippen LogP contribution in [0.4, 0.5) is 11.4 Å². The van der Waals surface area contributed by atoms with Gasteiger partial charge in [0.15, 0.2) is 11.5 Å². The van der Waals surface area contributed by atoms with Crippen LogP contribution in [-0.4, -0.2) is 8.42 Å². The first-order valence-corrected chi connectivity index (χ1v) is 10.2. The van der Waals surface area contributed by atoms with Crippen molar-refractivity contribution in [3.8, 4) is 23.6 Å². The van der Waals surface area contributed by atoms with Crippen molar-refractivity contribution in [3.05, 3.63) is 71.8 Å². The highest BCUT2D eigenvalue weighted by atomic mass is 32.3. The van der Waals surface area contributed by atoms with Gasteiger partial charge in [-0.25, -0.2) is 0 Å². The lowest BCUT2D eigenvalue weighted by Crippen LogP contribution is -2.18. The lowest BCUT2D eigenvalue weighted by Gasteiger charge is -2.14. The zero-order valence-corrected chi connectivity index (χ0v) is 16.7. The molecule has 0 fully saturated rings. The van der Waals surface area contributed by atoms with Gasteiger partial charge in [0.1, 0.15) is 12.1 Å². The first-order valence-electron chi connectivity index (χ1n) is 8.90. The predicted molar refractivity (Wildman–Crippen MR) is 116 cm³/mol. The average Bonchev–Trinajstić information content (AvgIpc) is 2.73. The van der Waals surface area contributed by atoms with Crippen LogP contribution >= 0.6 is 0 Å². The average molecular weight is 430 g/mol. The normalized spacial score (nSPS) is 11.0. The van der Waals surface area contributed by atoms with Crippen LogP contribution < -0.4 is 19.8 Å². The van der Waals surface area contributed by atoms with Crippen LogP contribution in [0.3, 0.4) is 0 Å². The summed E-state index contributed by atoms with van der Waals surface area (Å²) in [6.07, 6.45) is 0. The maximum absolute atomic E-state index is 12.8. The Morgan fingerprint density at radius 3 is 1.48 bits per heavy atom. The minimum absolute atomic E-state index is 0.00403. The first-order chi connectivity index (χ1) is 14.8. The topological polar surface area (TPSA) is 152 Å². The summed E-state index contributed by atoms with van der Waals surface area (Å²) >= 11 is 0. The Hall–Kier alpha value is -4.47. The molecule has 0 radical (unpaired) electrons. The van der Waals surface area contributed by atoms with Gasteiger partial charge in [0.2, 0.25) is 0 Å². The molecule has 0 aliphatic carbocycles. The molecule has 0 heterocycles. The highest BCUT2D eigenvalue weighted by Crippen LogP contribution is 2.35. The molecule has 0 unspecified atom stereocenters. The second kappa shape index (κ2) is 7.41. The number of anilines is 2. The van der Waals surface area contributed by atoms with Crippen molar-refractivity contribution < 1.29 is 16.8 Å². The Kier molecular flexibility index (Phi) is 4.74. The summed E-state index contributed by atoms with van der Waals surface area (Å²) in [5.41, 5.74) is 12.5. The van der Waals surface area contributed by atoms with Crippen molar-refractivity contribution in [2.45, 2.75) is 0 Å². The van der Waals surface area contributed by atoms with Gasteiger partial charge < -0.3 is 19.8 Å². The van der Waals surface area contributed by atoms with Crippen LogP contribution in [0, 0.1) is 22.7 Å². The minimum atomic E-state index is -4.72. The number of rotatable bonds is 4. The van der Waals surface area contributed by atoms with Gasteiger partial charge in [-0.15, -0.1) is 8.42 Å². The molecule has 0 aromatic heterocycles. The summed E-state index contributed by atoms with van der Waals surface area (Å²) in [5, 5.41) is 20.8. The second-order valence-corrected chi connectivity index (χ2v) is 7.79. The van der Waals surface area contributed by atoms with E-state index in [1.54, 1.807) is 48.5 Å². The maximum atomic E-state index is 12.8. The van der Waals surface area contributed by atoms with E-state index in [2.05, 4.69) is 0 Å². The largest absolute Gasteiger partial charge is 0.501 e. The van der Waals surface area contributed by atoms with E-state index in [9.17, 15) is 18.9 Å². The zero-order chi connectivity index (χ0) is 22.2. The predicted octanol–water partition coefficient (Wildman–Crippen LogP) is 3.60. The Labute approximate surface area is 177 Å². The summed E-state index contributed by atoms with van der Waals surface area (Å²) < 4.78 is 36.0. The van der Waals surface area contributed by atoms with Gasteiger partial charge in [-0.3, -0.25) is 0 Å².